The molecule has 1 N–H and O–H groups in total. The summed E-state index contributed by atoms with van der Waals surface area (Å²) in [6.45, 7) is 10.3. The monoisotopic (exact) mass is 444 g/mol. The molecule has 0 radical (unpaired) electrons. The minimum atomic E-state index is 0.100. The normalized spacial score (nSPS) is 19.1. The van der Waals surface area contributed by atoms with Gasteiger partial charge in [-0.05, 0) is 57.0 Å². The zero-order chi connectivity index (χ0) is 20.9. The molecule has 2 aromatic rings. The van der Waals surface area contributed by atoms with E-state index in [4.69, 9.17) is 0 Å². The van der Waals surface area contributed by atoms with Crippen molar-refractivity contribution >= 4 is 34.7 Å². The Labute approximate surface area is 188 Å². The van der Waals surface area contributed by atoms with E-state index in [0.29, 0.717) is 0 Å². The summed E-state index contributed by atoms with van der Waals surface area (Å²) in [6.07, 6.45) is 1.83. The highest BCUT2D eigenvalue weighted by atomic mass is 32.2. The molecule has 162 valence electrons. The van der Waals surface area contributed by atoms with Gasteiger partial charge in [0.2, 0.25) is 5.91 Å². The van der Waals surface area contributed by atoms with Crippen molar-refractivity contribution < 1.29 is 4.79 Å². The molecule has 0 saturated carbocycles. The third-order valence-electron chi connectivity index (χ3n) is 6.07. The Balaban J connectivity index is 1.26. The lowest BCUT2D eigenvalue weighted by Gasteiger charge is -2.31. The van der Waals surface area contributed by atoms with Crippen LogP contribution >= 0.6 is 23.1 Å². The lowest BCUT2D eigenvalue weighted by molar-refractivity contribution is -0.121. The molecule has 1 amide bonds. The first kappa shape index (κ1) is 21.8. The highest BCUT2D eigenvalue weighted by Crippen LogP contribution is 2.24. The molecular formula is C23H32N4OS2. The van der Waals surface area contributed by atoms with E-state index in [2.05, 4.69) is 50.6 Å². The van der Waals surface area contributed by atoms with E-state index in [1.165, 1.54) is 30.2 Å². The standard InChI is InChI=1S/C23H32N4OS2/c1-17-13-19(14-27-9-11-29-12-10-27)3-4-22(17)25-23(28)20-5-7-26(8-6-20)15-21-16-30-18(2)24-21/h3-4,13,16,20H,5-12,14-15H2,1-2H3,(H,25,28). The number of thioether (sulfide) groups is 1. The smallest absolute Gasteiger partial charge is 0.227 e. The van der Waals surface area contributed by atoms with Gasteiger partial charge in [-0.1, -0.05) is 12.1 Å². The molecule has 3 heterocycles. The molecule has 2 aliphatic rings. The summed E-state index contributed by atoms with van der Waals surface area (Å²) >= 11 is 3.75. The summed E-state index contributed by atoms with van der Waals surface area (Å²) in [5.41, 5.74) is 4.60. The summed E-state index contributed by atoms with van der Waals surface area (Å²) < 4.78 is 0. The van der Waals surface area contributed by atoms with Crippen LogP contribution in [0.25, 0.3) is 0 Å². The molecule has 2 aliphatic heterocycles. The Bertz CT molecular complexity index is 855. The van der Waals surface area contributed by atoms with Gasteiger partial charge in [-0.2, -0.15) is 11.8 Å². The number of hydrogen-bond donors (Lipinski definition) is 1. The van der Waals surface area contributed by atoms with E-state index in [-0.39, 0.29) is 11.8 Å². The maximum absolute atomic E-state index is 12.8. The second kappa shape index (κ2) is 10.3. The number of carbonyl (C=O) groups excluding carboxylic acids is 1. The summed E-state index contributed by atoms with van der Waals surface area (Å²) in [4.78, 5) is 22.3. The van der Waals surface area contributed by atoms with Crippen LogP contribution in [0.5, 0.6) is 0 Å². The molecule has 0 bridgehead atoms. The van der Waals surface area contributed by atoms with Gasteiger partial charge in [0.15, 0.2) is 0 Å². The lowest BCUT2D eigenvalue weighted by Crippen LogP contribution is -2.37. The average Bonchev–Trinajstić information content (AvgIpc) is 3.16. The Hall–Kier alpha value is -1.41. The van der Waals surface area contributed by atoms with Crippen molar-refractivity contribution in [3.05, 3.63) is 45.4 Å². The fraction of sp³-hybridized carbons (Fsp3) is 0.565. The zero-order valence-electron chi connectivity index (χ0n) is 18.0. The van der Waals surface area contributed by atoms with Gasteiger partial charge in [0.25, 0.3) is 0 Å². The molecule has 7 heteroatoms. The van der Waals surface area contributed by atoms with Crippen molar-refractivity contribution in [3.8, 4) is 0 Å². The van der Waals surface area contributed by atoms with Crippen LogP contribution in [-0.2, 0) is 17.9 Å². The molecular weight excluding hydrogens is 412 g/mol. The van der Waals surface area contributed by atoms with Gasteiger partial charge >= 0.3 is 0 Å². The number of anilines is 1. The summed E-state index contributed by atoms with van der Waals surface area (Å²) in [5.74, 6) is 2.73. The fourth-order valence-corrected chi connectivity index (χ4v) is 5.86. The quantitative estimate of drug-likeness (QED) is 0.725. The number of carbonyl (C=O) groups is 1. The number of aryl methyl sites for hydroxylation is 2. The van der Waals surface area contributed by atoms with Crippen molar-refractivity contribution in [2.45, 2.75) is 39.8 Å². The van der Waals surface area contributed by atoms with Gasteiger partial charge < -0.3 is 5.32 Å². The number of rotatable bonds is 6. The predicted octanol–water partition coefficient (Wildman–Crippen LogP) is 4.16. The Morgan fingerprint density at radius 2 is 1.83 bits per heavy atom. The molecule has 2 saturated heterocycles. The van der Waals surface area contributed by atoms with Crippen LogP contribution in [0.2, 0.25) is 0 Å². The van der Waals surface area contributed by atoms with Gasteiger partial charge in [0.05, 0.1) is 10.7 Å². The van der Waals surface area contributed by atoms with Crippen LogP contribution in [0.3, 0.4) is 0 Å². The first-order valence-corrected chi connectivity index (χ1v) is 12.9. The van der Waals surface area contributed by atoms with Crippen LogP contribution in [0.1, 0.15) is 34.7 Å². The molecule has 0 unspecified atom stereocenters. The molecule has 30 heavy (non-hydrogen) atoms. The Morgan fingerprint density at radius 1 is 1.10 bits per heavy atom. The first-order valence-electron chi connectivity index (χ1n) is 10.9. The maximum Gasteiger partial charge on any atom is 0.227 e. The molecule has 0 atom stereocenters. The topological polar surface area (TPSA) is 48.5 Å². The summed E-state index contributed by atoms with van der Waals surface area (Å²) in [6, 6.07) is 6.49. The lowest BCUT2D eigenvalue weighted by atomic mass is 9.95. The SMILES string of the molecule is Cc1nc(CN2CCC(C(=O)Nc3ccc(CN4CCSCC4)cc3C)CC2)cs1. The van der Waals surface area contributed by atoms with Gasteiger partial charge in [0.1, 0.15) is 0 Å². The molecule has 1 aromatic heterocycles. The van der Waals surface area contributed by atoms with Crippen molar-refractivity contribution in [2.75, 3.05) is 43.0 Å². The minimum Gasteiger partial charge on any atom is -0.326 e. The maximum atomic E-state index is 12.8. The molecule has 1 aromatic carbocycles. The minimum absolute atomic E-state index is 0.100. The second-order valence-electron chi connectivity index (χ2n) is 8.44. The van der Waals surface area contributed by atoms with Crippen LogP contribution < -0.4 is 5.32 Å². The Morgan fingerprint density at radius 3 is 2.50 bits per heavy atom. The van der Waals surface area contributed by atoms with Crippen molar-refractivity contribution in [1.29, 1.82) is 0 Å². The number of benzene rings is 1. The summed E-state index contributed by atoms with van der Waals surface area (Å²) in [7, 11) is 0. The van der Waals surface area contributed by atoms with Crippen molar-refractivity contribution in [3.63, 3.8) is 0 Å². The number of thiazole rings is 1. The van der Waals surface area contributed by atoms with E-state index in [1.54, 1.807) is 11.3 Å². The van der Waals surface area contributed by atoms with E-state index < -0.39 is 0 Å². The molecule has 4 rings (SSSR count). The van der Waals surface area contributed by atoms with Crippen molar-refractivity contribution in [2.24, 2.45) is 5.92 Å². The third kappa shape index (κ3) is 5.84. The molecule has 2 fully saturated rings. The van der Waals surface area contributed by atoms with E-state index in [9.17, 15) is 4.79 Å². The zero-order valence-corrected chi connectivity index (χ0v) is 19.7. The van der Waals surface area contributed by atoms with Crippen LogP contribution in [0.15, 0.2) is 23.6 Å². The number of aromatic nitrogens is 1. The predicted molar refractivity (Wildman–Crippen MR) is 127 cm³/mol. The van der Waals surface area contributed by atoms with E-state index in [1.807, 2.05) is 18.7 Å². The van der Waals surface area contributed by atoms with E-state index >= 15 is 0 Å². The highest BCUT2D eigenvalue weighted by Gasteiger charge is 2.25. The van der Waals surface area contributed by atoms with Gasteiger partial charge in [0, 0.05) is 54.7 Å². The number of nitrogens with one attached hydrogen (secondary N) is 1. The second-order valence-corrected chi connectivity index (χ2v) is 10.7. The van der Waals surface area contributed by atoms with Gasteiger partial charge in [-0.25, -0.2) is 4.98 Å². The number of hydrogen-bond acceptors (Lipinski definition) is 6. The molecule has 0 aliphatic carbocycles. The van der Waals surface area contributed by atoms with Gasteiger partial charge in [-0.3, -0.25) is 14.6 Å². The third-order valence-corrected chi connectivity index (χ3v) is 7.83. The van der Waals surface area contributed by atoms with Crippen LogP contribution in [0, 0.1) is 19.8 Å². The van der Waals surface area contributed by atoms with E-state index in [0.717, 1.165) is 61.0 Å². The average molecular weight is 445 g/mol. The van der Waals surface area contributed by atoms with Crippen LogP contribution in [0.4, 0.5) is 5.69 Å². The molecule has 5 nitrogen and oxygen atoms in total. The largest absolute Gasteiger partial charge is 0.326 e. The fourth-order valence-electron chi connectivity index (χ4n) is 4.28. The highest BCUT2D eigenvalue weighted by molar-refractivity contribution is 7.99. The number of piperidine rings is 1. The Kier molecular flexibility index (Phi) is 7.46. The first-order chi connectivity index (χ1) is 14.6. The number of nitrogens with zero attached hydrogens (tertiary/aromatic N) is 3. The number of amides is 1. The van der Waals surface area contributed by atoms with Crippen molar-refractivity contribution in [1.82, 2.24) is 14.8 Å². The number of likely N-dealkylation sites (tertiary alicyclic amines) is 1. The summed E-state index contributed by atoms with van der Waals surface area (Å²) in [5, 5.41) is 6.46. The van der Waals surface area contributed by atoms with Crippen LogP contribution in [-0.4, -0.2) is 58.4 Å². The molecule has 0 spiro atoms. The van der Waals surface area contributed by atoms with Gasteiger partial charge in [-0.15, -0.1) is 11.3 Å².